The molecule has 0 spiro atoms. The minimum atomic E-state index is -0.196. The molecule has 1 N–H and O–H groups in total. The Morgan fingerprint density at radius 1 is 1.08 bits per heavy atom. The maximum Gasteiger partial charge on any atom is 0.268 e. The van der Waals surface area contributed by atoms with Crippen LogP contribution in [0, 0.1) is 0 Å². The predicted octanol–water partition coefficient (Wildman–Crippen LogP) is 2.73. The lowest BCUT2D eigenvalue weighted by molar-refractivity contribution is -0.116. The molecule has 0 unspecified atom stereocenters. The van der Waals surface area contributed by atoms with Gasteiger partial charge in [0.15, 0.2) is 10.9 Å². The number of carbonyl (C=O) groups excluding carboxylic acids is 2. The SMILES string of the molecule is O=C1CN(Cc2ccccc2)C(=O)c2sc(N3CCCCC3)nc2N1. The molecule has 0 atom stereocenters. The van der Waals surface area contributed by atoms with E-state index < -0.39 is 0 Å². The van der Waals surface area contributed by atoms with Crippen LogP contribution >= 0.6 is 11.3 Å². The average Bonchev–Trinajstić information content (AvgIpc) is 3.01. The van der Waals surface area contributed by atoms with Crippen LogP contribution in [0.5, 0.6) is 0 Å². The van der Waals surface area contributed by atoms with E-state index >= 15 is 0 Å². The molecule has 2 amide bonds. The fraction of sp³-hybridized carbons (Fsp3) is 0.389. The van der Waals surface area contributed by atoms with E-state index in [1.807, 2.05) is 30.3 Å². The second-order valence-corrected chi connectivity index (χ2v) is 7.39. The van der Waals surface area contributed by atoms with Gasteiger partial charge in [-0.1, -0.05) is 41.7 Å². The maximum atomic E-state index is 13.0. The van der Waals surface area contributed by atoms with Gasteiger partial charge in [0.2, 0.25) is 5.91 Å². The molecule has 25 heavy (non-hydrogen) atoms. The zero-order valence-corrected chi connectivity index (χ0v) is 14.7. The Bertz CT molecular complexity index is 784. The van der Waals surface area contributed by atoms with E-state index in [1.165, 1.54) is 17.8 Å². The molecule has 0 saturated carbocycles. The topological polar surface area (TPSA) is 65.5 Å². The number of amides is 2. The van der Waals surface area contributed by atoms with Gasteiger partial charge in [0, 0.05) is 19.6 Å². The number of nitrogens with zero attached hydrogens (tertiary/aromatic N) is 3. The van der Waals surface area contributed by atoms with Crippen LogP contribution in [0.1, 0.15) is 34.5 Å². The molecule has 4 rings (SSSR count). The summed E-state index contributed by atoms with van der Waals surface area (Å²) in [6, 6.07) is 9.73. The fourth-order valence-corrected chi connectivity index (χ4v) is 4.29. The molecule has 2 aliphatic rings. The number of benzene rings is 1. The van der Waals surface area contributed by atoms with Gasteiger partial charge in [0.25, 0.3) is 5.91 Å². The number of fused-ring (bicyclic) bond motifs is 1. The van der Waals surface area contributed by atoms with Crippen molar-refractivity contribution in [1.82, 2.24) is 9.88 Å². The van der Waals surface area contributed by atoms with Gasteiger partial charge in [-0.05, 0) is 24.8 Å². The molecule has 1 aromatic carbocycles. The molecule has 3 heterocycles. The predicted molar refractivity (Wildman–Crippen MR) is 98.0 cm³/mol. The van der Waals surface area contributed by atoms with Crippen LogP contribution in [0.25, 0.3) is 0 Å². The smallest absolute Gasteiger partial charge is 0.268 e. The Labute approximate surface area is 150 Å². The van der Waals surface area contributed by atoms with Crippen LogP contribution in [0.4, 0.5) is 10.9 Å². The summed E-state index contributed by atoms with van der Waals surface area (Å²) in [7, 11) is 0. The van der Waals surface area contributed by atoms with Crippen molar-refractivity contribution in [3.05, 3.63) is 40.8 Å². The third-order valence-electron chi connectivity index (χ3n) is 4.53. The first-order valence-electron chi connectivity index (χ1n) is 8.59. The number of rotatable bonds is 3. The number of anilines is 2. The van der Waals surface area contributed by atoms with Crippen LogP contribution in [-0.4, -0.2) is 41.3 Å². The van der Waals surface area contributed by atoms with Crippen LogP contribution in [0.3, 0.4) is 0 Å². The second-order valence-electron chi connectivity index (χ2n) is 6.42. The number of thiazole rings is 1. The van der Waals surface area contributed by atoms with E-state index in [4.69, 9.17) is 0 Å². The standard InChI is InChI=1S/C18H20N4O2S/c23-14-12-22(11-13-7-3-1-4-8-13)17(24)15-16(19-14)20-18(25-15)21-9-5-2-6-10-21/h1,3-4,7-8H,2,5-6,9-12H2,(H,19,23). The largest absolute Gasteiger partial charge is 0.348 e. The Kier molecular flexibility index (Phi) is 4.40. The van der Waals surface area contributed by atoms with Crippen LogP contribution in [-0.2, 0) is 11.3 Å². The molecule has 6 nitrogen and oxygen atoms in total. The van der Waals surface area contributed by atoms with Crippen molar-refractivity contribution in [1.29, 1.82) is 0 Å². The number of carbonyl (C=O) groups is 2. The third kappa shape index (κ3) is 3.37. The number of nitrogens with one attached hydrogen (secondary N) is 1. The monoisotopic (exact) mass is 356 g/mol. The summed E-state index contributed by atoms with van der Waals surface area (Å²) in [5.41, 5.74) is 1.01. The van der Waals surface area contributed by atoms with Gasteiger partial charge in [-0.25, -0.2) is 4.98 Å². The molecule has 7 heteroatoms. The van der Waals surface area contributed by atoms with Crippen molar-refractivity contribution in [2.24, 2.45) is 0 Å². The van der Waals surface area contributed by atoms with Crippen LogP contribution in [0.15, 0.2) is 30.3 Å². The van der Waals surface area contributed by atoms with E-state index in [-0.39, 0.29) is 18.4 Å². The first kappa shape index (κ1) is 16.1. The number of hydrogen-bond donors (Lipinski definition) is 1. The normalized spacial score (nSPS) is 17.9. The summed E-state index contributed by atoms with van der Waals surface area (Å²) in [4.78, 5) is 34.1. The van der Waals surface area contributed by atoms with Gasteiger partial charge >= 0.3 is 0 Å². The first-order valence-corrected chi connectivity index (χ1v) is 9.41. The number of aromatic nitrogens is 1. The summed E-state index contributed by atoms with van der Waals surface area (Å²) in [5.74, 6) is 0.0904. The Morgan fingerprint density at radius 2 is 1.84 bits per heavy atom. The molecule has 130 valence electrons. The lowest BCUT2D eigenvalue weighted by Gasteiger charge is -2.26. The minimum absolute atomic E-state index is 0.0514. The van der Waals surface area contributed by atoms with E-state index in [2.05, 4.69) is 15.2 Å². The Morgan fingerprint density at radius 3 is 2.60 bits per heavy atom. The van der Waals surface area contributed by atoms with Crippen LogP contribution < -0.4 is 10.2 Å². The molecule has 2 aliphatic heterocycles. The third-order valence-corrected chi connectivity index (χ3v) is 5.64. The highest BCUT2D eigenvalue weighted by Gasteiger charge is 2.31. The Hall–Kier alpha value is -2.41. The molecular weight excluding hydrogens is 336 g/mol. The zero-order chi connectivity index (χ0) is 17.2. The van der Waals surface area contributed by atoms with E-state index in [9.17, 15) is 9.59 Å². The van der Waals surface area contributed by atoms with Crippen molar-refractivity contribution < 1.29 is 9.59 Å². The molecule has 0 aliphatic carbocycles. The van der Waals surface area contributed by atoms with Crippen molar-refractivity contribution in [3.63, 3.8) is 0 Å². The van der Waals surface area contributed by atoms with Crippen molar-refractivity contribution in [3.8, 4) is 0 Å². The lowest BCUT2D eigenvalue weighted by atomic mass is 10.1. The van der Waals surface area contributed by atoms with Gasteiger partial charge in [0.05, 0.1) is 0 Å². The summed E-state index contributed by atoms with van der Waals surface area (Å²) in [5, 5.41) is 3.63. The lowest BCUT2D eigenvalue weighted by Crippen LogP contribution is -2.34. The second kappa shape index (κ2) is 6.84. The molecule has 2 aromatic rings. The van der Waals surface area contributed by atoms with E-state index in [1.54, 1.807) is 4.90 Å². The first-order chi connectivity index (χ1) is 12.2. The summed E-state index contributed by atoms with van der Waals surface area (Å²) >= 11 is 1.39. The highest BCUT2D eigenvalue weighted by molar-refractivity contribution is 7.18. The molecule has 0 radical (unpaired) electrons. The average molecular weight is 356 g/mol. The molecule has 1 saturated heterocycles. The van der Waals surface area contributed by atoms with Gasteiger partial charge < -0.3 is 15.1 Å². The minimum Gasteiger partial charge on any atom is -0.348 e. The summed E-state index contributed by atoms with van der Waals surface area (Å²) < 4.78 is 0. The summed E-state index contributed by atoms with van der Waals surface area (Å²) in [6.07, 6.45) is 3.53. The number of hydrogen-bond acceptors (Lipinski definition) is 5. The fourth-order valence-electron chi connectivity index (χ4n) is 3.25. The molecular formula is C18H20N4O2S. The van der Waals surface area contributed by atoms with Gasteiger partial charge in [-0.15, -0.1) is 0 Å². The maximum absolute atomic E-state index is 13.0. The highest BCUT2D eigenvalue weighted by atomic mass is 32.1. The molecule has 1 aromatic heterocycles. The van der Waals surface area contributed by atoms with Gasteiger partial charge in [0.1, 0.15) is 11.4 Å². The highest BCUT2D eigenvalue weighted by Crippen LogP contribution is 2.34. The molecule has 1 fully saturated rings. The van der Waals surface area contributed by atoms with Crippen molar-refractivity contribution in [2.75, 3.05) is 29.9 Å². The number of piperidine rings is 1. The summed E-state index contributed by atoms with van der Waals surface area (Å²) in [6.45, 7) is 2.39. The van der Waals surface area contributed by atoms with Crippen molar-refractivity contribution in [2.45, 2.75) is 25.8 Å². The van der Waals surface area contributed by atoms with Crippen LogP contribution in [0.2, 0.25) is 0 Å². The van der Waals surface area contributed by atoms with E-state index in [0.29, 0.717) is 17.2 Å². The Balaban J connectivity index is 1.61. The van der Waals surface area contributed by atoms with Gasteiger partial charge in [-0.3, -0.25) is 9.59 Å². The van der Waals surface area contributed by atoms with Gasteiger partial charge in [-0.2, -0.15) is 0 Å². The quantitative estimate of drug-likeness (QED) is 0.918. The van der Waals surface area contributed by atoms with Crippen molar-refractivity contribution >= 4 is 34.1 Å². The van der Waals surface area contributed by atoms with E-state index in [0.717, 1.165) is 36.6 Å². The molecule has 0 bridgehead atoms. The zero-order valence-electron chi connectivity index (χ0n) is 13.9.